The van der Waals surface area contributed by atoms with Gasteiger partial charge in [0.25, 0.3) is 0 Å². The zero-order valence-corrected chi connectivity index (χ0v) is 11.5. The summed E-state index contributed by atoms with van der Waals surface area (Å²) in [5, 5.41) is 4.69. The van der Waals surface area contributed by atoms with Crippen molar-refractivity contribution in [2.24, 2.45) is 5.11 Å². The second-order valence-corrected chi connectivity index (χ2v) is 5.04. The van der Waals surface area contributed by atoms with Crippen molar-refractivity contribution < 1.29 is 9.43 Å². The van der Waals surface area contributed by atoms with Crippen LogP contribution >= 0.6 is 0 Å². The number of aryl methyl sites for hydroxylation is 3. The van der Waals surface area contributed by atoms with E-state index in [4.69, 9.17) is 4.74 Å². The van der Waals surface area contributed by atoms with Crippen molar-refractivity contribution in [3.63, 3.8) is 0 Å². The molecule has 0 spiro atoms. The first-order chi connectivity index (χ1) is 9.13. The number of hydrogen-bond donors (Lipinski definition) is 0. The topological polar surface area (TPSA) is 24.6 Å². The highest BCUT2D eigenvalue weighted by Gasteiger charge is 2.22. The Bertz CT molecular complexity index is 674. The van der Waals surface area contributed by atoms with Crippen LogP contribution in [0.25, 0.3) is 0 Å². The molecule has 0 fully saturated rings. The molecule has 0 unspecified atom stereocenters. The minimum absolute atomic E-state index is 0.459. The summed E-state index contributed by atoms with van der Waals surface area (Å²) in [6.07, 6.45) is 0. The molecule has 3 heteroatoms. The highest BCUT2D eigenvalue weighted by Crippen LogP contribution is 2.36. The van der Waals surface area contributed by atoms with Gasteiger partial charge in [0.2, 0.25) is 5.69 Å². The second kappa shape index (κ2) is 4.50. The van der Waals surface area contributed by atoms with Gasteiger partial charge in [-0.2, -0.15) is 0 Å². The zero-order chi connectivity index (χ0) is 13.4. The first-order valence-electron chi connectivity index (χ1n) is 6.43. The van der Waals surface area contributed by atoms with E-state index in [-0.39, 0.29) is 0 Å². The van der Waals surface area contributed by atoms with Crippen LogP contribution in [0.5, 0.6) is 5.75 Å². The van der Waals surface area contributed by atoms with Gasteiger partial charge in [0, 0.05) is 17.2 Å². The second-order valence-electron chi connectivity index (χ2n) is 5.04. The largest absolute Gasteiger partial charge is 0.431 e. The van der Waals surface area contributed by atoms with Crippen molar-refractivity contribution in [2.75, 3.05) is 6.73 Å². The summed E-state index contributed by atoms with van der Waals surface area (Å²) >= 11 is 0. The number of nitrogens with zero attached hydrogens (tertiary/aromatic N) is 2. The Hall–Kier alpha value is -2.16. The van der Waals surface area contributed by atoms with Gasteiger partial charge in [-0.05, 0) is 48.2 Å². The molecule has 0 bridgehead atoms. The molecule has 19 heavy (non-hydrogen) atoms. The zero-order valence-electron chi connectivity index (χ0n) is 11.5. The van der Waals surface area contributed by atoms with Crippen LogP contribution in [-0.2, 0) is 0 Å². The van der Waals surface area contributed by atoms with Crippen LogP contribution in [0.2, 0.25) is 0 Å². The summed E-state index contributed by atoms with van der Waals surface area (Å²) in [6, 6.07) is 12.5. The molecule has 3 nitrogen and oxygen atoms in total. The SMILES string of the molecule is Cc1cccc([N+]2=Nc3cc(C)cc(C)c3OC2)c1. The van der Waals surface area contributed by atoms with Crippen LogP contribution in [0, 0.1) is 20.8 Å². The molecule has 0 N–H and O–H groups in total. The molecular formula is C16H17N2O+. The van der Waals surface area contributed by atoms with E-state index in [2.05, 4.69) is 50.2 Å². The fourth-order valence-electron chi connectivity index (χ4n) is 2.40. The summed E-state index contributed by atoms with van der Waals surface area (Å²) < 4.78 is 7.75. The Balaban J connectivity index is 2.09. The minimum Gasteiger partial charge on any atom is -0.431 e. The molecule has 3 rings (SSSR count). The maximum absolute atomic E-state index is 5.85. The summed E-state index contributed by atoms with van der Waals surface area (Å²) in [5.74, 6) is 0.898. The first-order valence-corrected chi connectivity index (χ1v) is 6.43. The quantitative estimate of drug-likeness (QED) is 0.692. The Labute approximate surface area is 113 Å². The highest BCUT2D eigenvalue weighted by atomic mass is 16.5. The van der Waals surface area contributed by atoms with Crippen LogP contribution in [0.4, 0.5) is 11.4 Å². The van der Waals surface area contributed by atoms with Gasteiger partial charge >= 0.3 is 6.73 Å². The van der Waals surface area contributed by atoms with E-state index >= 15 is 0 Å². The van der Waals surface area contributed by atoms with Crippen LogP contribution in [0.3, 0.4) is 0 Å². The average molecular weight is 253 g/mol. The van der Waals surface area contributed by atoms with Gasteiger partial charge in [-0.25, -0.2) is 0 Å². The van der Waals surface area contributed by atoms with E-state index in [1.807, 2.05) is 16.8 Å². The lowest BCUT2D eigenvalue weighted by Crippen LogP contribution is -2.15. The molecule has 0 saturated carbocycles. The maximum Gasteiger partial charge on any atom is 0.317 e. The fraction of sp³-hybridized carbons (Fsp3) is 0.250. The molecule has 1 heterocycles. The van der Waals surface area contributed by atoms with Crippen LogP contribution in [0.15, 0.2) is 41.5 Å². The number of ether oxygens (including phenoxy) is 1. The van der Waals surface area contributed by atoms with Gasteiger partial charge in [0.1, 0.15) is 0 Å². The minimum atomic E-state index is 0.459. The first kappa shape index (κ1) is 11.9. The third-order valence-electron chi connectivity index (χ3n) is 3.26. The lowest BCUT2D eigenvalue weighted by atomic mass is 10.1. The standard InChI is InChI=1S/C16H17N2O/c1-11-5-4-6-14(8-11)18-10-19-16-13(3)7-12(2)9-15(16)17-18/h4-9H,10H2,1-3H3/q+1. The average Bonchev–Trinajstić information content (AvgIpc) is 2.37. The molecule has 0 atom stereocenters. The number of fused-ring (bicyclic) bond motifs is 1. The number of hydrogen-bond acceptors (Lipinski definition) is 2. The molecule has 2 aromatic rings. The maximum atomic E-state index is 5.85. The van der Waals surface area contributed by atoms with Gasteiger partial charge in [-0.15, -0.1) is 0 Å². The molecule has 0 amide bonds. The third-order valence-corrected chi connectivity index (χ3v) is 3.26. The Kier molecular flexibility index (Phi) is 2.82. The molecule has 2 aromatic carbocycles. The molecule has 1 aliphatic rings. The van der Waals surface area contributed by atoms with E-state index < -0.39 is 0 Å². The van der Waals surface area contributed by atoms with Gasteiger partial charge in [-0.1, -0.05) is 18.2 Å². The van der Waals surface area contributed by atoms with Crippen molar-refractivity contribution in [1.82, 2.24) is 0 Å². The van der Waals surface area contributed by atoms with Crippen LogP contribution in [-0.4, -0.2) is 11.4 Å². The Morgan fingerprint density at radius 2 is 1.89 bits per heavy atom. The van der Waals surface area contributed by atoms with Crippen molar-refractivity contribution in [3.8, 4) is 5.75 Å². The lowest BCUT2D eigenvalue weighted by molar-refractivity contribution is -0.544. The van der Waals surface area contributed by atoms with Gasteiger partial charge < -0.3 is 4.74 Å². The van der Waals surface area contributed by atoms with E-state index in [1.54, 1.807) is 0 Å². The number of azo groups is 2. The van der Waals surface area contributed by atoms with Crippen molar-refractivity contribution in [2.45, 2.75) is 20.8 Å². The molecule has 0 saturated heterocycles. The van der Waals surface area contributed by atoms with Gasteiger partial charge in [-0.3, -0.25) is 0 Å². The lowest BCUT2D eigenvalue weighted by Gasteiger charge is -2.14. The summed E-state index contributed by atoms with van der Waals surface area (Å²) in [4.78, 5) is 0. The van der Waals surface area contributed by atoms with Gasteiger partial charge in [0.15, 0.2) is 11.4 Å². The van der Waals surface area contributed by atoms with Crippen LogP contribution < -0.4 is 4.74 Å². The summed E-state index contributed by atoms with van der Waals surface area (Å²) in [6.45, 7) is 6.68. The monoisotopic (exact) mass is 253 g/mol. The molecule has 0 radical (unpaired) electrons. The molecule has 0 aliphatic carbocycles. The predicted molar refractivity (Wildman–Crippen MR) is 74.6 cm³/mol. The summed E-state index contributed by atoms with van der Waals surface area (Å²) in [7, 11) is 0. The van der Waals surface area contributed by atoms with Crippen LogP contribution in [0.1, 0.15) is 16.7 Å². The Morgan fingerprint density at radius 3 is 2.68 bits per heavy atom. The van der Waals surface area contributed by atoms with E-state index in [0.29, 0.717) is 6.73 Å². The normalized spacial score (nSPS) is 13.5. The molecular weight excluding hydrogens is 236 g/mol. The number of rotatable bonds is 1. The smallest absolute Gasteiger partial charge is 0.317 e. The number of benzene rings is 2. The third kappa shape index (κ3) is 2.24. The predicted octanol–water partition coefficient (Wildman–Crippen LogP) is 4.39. The van der Waals surface area contributed by atoms with E-state index in [1.165, 1.54) is 11.1 Å². The van der Waals surface area contributed by atoms with Gasteiger partial charge in [0.05, 0.1) is 0 Å². The highest BCUT2D eigenvalue weighted by molar-refractivity contribution is 5.57. The molecule has 1 aliphatic heterocycles. The van der Waals surface area contributed by atoms with Crippen molar-refractivity contribution >= 4 is 11.4 Å². The fourth-order valence-corrected chi connectivity index (χ4v) is 2.40. The van der Waals surface area contributed by atoms with Crippen molar-refractivity contribution in [1.29, 1.82) is 0 Å². The summed E-state index contributed by atoms with van der Waals surface area (Å²) in [5.41, 5.74) is 5.53. The van der Waals surface area contributed by atoms with E-state index in [9.17, 15) is 0 Å². The Morgan fingerprint density at radius 1 is 1.05 bits per heavy atom. The molecule has 0 aromatic heterocycles. The van der Waals surface area contributed by atoms with Crippen molar-refractivity contribution in [3.05, 3.63) is 53.1 Å². The molecule has 96 valence electrons. The van der Waals surface area contributed by atoms with E-state index in [0.717, 1.165) is 22.7 Å².